The van der Waals surface area contributed by atoms with Crippen LogP contribution in [0, 0.1) is 0 Å². The second kappa shape index (κ2) is 13.0. The Morgan fingerprint density at radius 2 is 1.45 bits per heavy atom. The van der Waals surface area contributed by atoms with Gasteiger partial charge in [-0.05, 0) is 50.1 Å². The van der Waals surface area contributed by atoms with Crippen molar-refractivity contribution in [2.24, 2.45) is 0 Å². The van der Waals surface area contributed by atoms with Crippen LogP contribution in [0.2, 0.25) is 0 Å². The topological polar surface area (TPSA) is 35.9 Å². The highest BCUT2D eigenvalue weighted by Gasteiger charge is 2.39. The fourth-order valence-corrected chi connectivity index (χ4v) is 5.16. The van der Waals surface area contributed by atoms with Gasteiger partial charge in [0, 0.05) is 38.6 Å². The van der Waals surface area contributed by atoms with Crippen molar-refractivity contribution < 1.29 is 9.84 Å². The molecule has 4 nitrogen and oxygen atoms in total. The molecule has 1 saturated heterocycles. The molecular formula is C27H40Cl2N2O2. The first-order valence-corrected chi connectivity index (χ1v) is 12.0. The first-order valence-electron chi connectivity index (χ1n) is 12.0. The maximum absolute atomic E-state index is 11.7. The van der Waals surface area contributed by atoms with Gasteiger partial charge in [-0.1, -0.05) is 61.7 Å². The summed E-state index contributed by atoms with van der Waals surface area (Å²) >= 11 is 0. The molecule has 2 aliphatic rings. The van der Waals surface area contributed by atoms with E-state index in [0.717, 1.165) is 64.2 Å². The fourth-order valence-electron chi connectivity index (χ4n) is 5.16. The molecule has 1 saturated carbocycles. The monoisotopic (exact) mass is 494 g/mol. The van der Waals surface area contributed by atoms with E-state index in [0.29, 0.717) is 0 Å². The summed E-state index contributed by atoms with van der Waals surface area (Å²) in [6, 6.07) is 18.9. The number of ether oxygens (including phenoxy) is 1. The van der Waals surface area contributed by atoms with Crippen LogP contribution < -0.4 is 4.74 Å². The molecule has 2 unspecified atom stereocenters. The van der Waals surface area contributed by atoms with Gasteiger partial charge in [0.25, 0.3) is 0 Å². The van der Waals surface area contributed by atoms with Crippen molar-refractivity contribution in [2.75, 3.05) is 39.8 Å². The van der Waals surface area contributed by atoms with E-state index in [2.05, 4.69) is 60.2 Å². The molecule has 0 spiro atoms. The molecule has 0 aromatic heterocycles. The van der Waals surface area contributed by atoms with E-state index in [1.165, 1.54) is 17.5 Å². The van der Waals surface area contributed by atoms with Gasteiger partial charge in [0.05, 0.1) is 5.60 Å². The third-order valence-electron chi connectivity index (χ3n) is 7.27. The van der Waals surface area contributed by atoms with E-state index >= 15 is 0 Å². The van der Waals surface area contributed by atoms with Crippen LogP contribution in [0.3, 0.4) is 0 Å². The summed E-state index contributed by atoms with van der Waals surface area (Å²) < 4.78 is 6.19. The van der Waals surface area contributed by atoms with Gasteiger partial charge in [-0.3, -0.25) is 0 Å². The lowest BCUT2D eigenvalue weighted by Crippen LogP contribution is -2.50. The highest BCUT2D eigenvalue weighted by molar-refractivity contribution is 5.85. The lowest BCUT2D eigenvalue weighted by Gasteiger charge is -2.43. The predicted molar refractivity (Wildman–Crippen MR) is 141 cm³/mol. The highest BCUT2D eigenvalue weighted by atomic mass is 35.5. The maximum atomic E-state index is 11.7. The second-order valence-electron chi connectivity index (χ2n) is 9.56. The van der Waals surface area contributed by atoms with Crippen LogP contribution in [0.1, 0.15) is 62.2 Å². The standard InChI is InChI=1S/C27H38N2O2.2ClH/c1-22(23-9-5-3-6-10-23)31-25-13-11-24(12-14-25)26(27(30)15-7-4-8-16-27)21-29-19-17-28(2)18-20-29;;/h3,5-6,9-14,22,26,30H,4,7-8,15-21H2,1-2H3;2*1H. The number of rotatable bonds is 7. The zero-order valence-corrected chi connectivity index (χ0v) is 21.6. The number of piperazine rings is 1. The second-order valence-corrected chi connectivity index (χ2v) is 9.56. The molecule has 1 aliphatic carbocycles. The van der Waals surface area contributed by atoms with E-state index in [-0.39, 0.29) is 36.8 Å². The van der Waals surface area contributed by atoms with Gasteiger partial charge in [-0.15, -0.1) is 24.8 Å². The molecule has 1 heterocycles. The van der Waals surface area contributed by atoms with Crippen molar-refractivity contribution in [3.05, 3.63) is 65.7 Å². The van der Waals surface area contributed by atoms with Crippen LogP contribution in [0.15, 0.2) is 54.6 Å². The van der Waals surface area contributed by atoms with Crippen LogP contribution in [-0.4, -0.2) is 60.3 Å². The van der Waals surface area contributed by atoms with Crippen LogP contribution in [0.5, 0.6) is 5.75 Å². The molecule has 1 aliphatic heterocycles. The zero-order valence-electron chi connectivity index (χ0n) is 20.0. The lowest BCUT2D eigenvalue weighted by atomic mass is 9.72. The Morgan fingerprint density at radius 1 is 0.848 bits per heavy atom. The first kappa shape index (κ1) is 27.9. The Balaban J connectivity index is 0.00000193. The first-order chi connectivity index (χ1) is 15.0. The summed E-state index contributed by atoms with van der Waals surface area (Å²) in [5.41, 5.74) is 1.82. The smallest absolute Gasteiger partial charge is 0.121 e. The molecule has 0 bridgehead atoms. The minimum atomic E-state index is -0.596. The Morgan fingerprint density at radius 3 is 2.06 bits per heavy atom. The van der Waals surface area contributed by atoms with Crippen LogP contribution in [0.25, 0.3) is 0 Å². The average Bonchev–Trinajstić information content (AvgIpc) is 2.80. The van der Waals surface area contributed by atoms with E-state index in [1.54, 1.807) is 0 Å². The van der Waals surface area contributed by atoms with Gasteiger partial charge < -0.3 is 19.6 Å². The molecule has 4 rings (SSSR count). The van der Waals surface area contributed by atoms with Crippen molar-refractivity contribution in [1.29, 1.82) is 0 Å². The number of likely N-dealkylation sites (N-methyl/N-ethyl adjacent to an activating group) is 1. The Bertz CT molecular complexity index is 805. The van der Waals surface area contributed by atoms with Gasteiger partial charge >= 0.3 is 0 Å². The molecule has 0 amide bonds. The van der Waals surface area contributed by atoms with Gasteiger partial charge in [0.2, 0.25) is 0 Å². The molecule has 184 valence electrons. The molecule has 2 atom stereocenters. The minimum Gasteiger partial charge on any atom is -0.486 e. The number of hydrogen-bond donors (Lipinski definition) is 1. The number of aliphatic hydroxyl groups is 1. The Kier molecular flexibility index (Phi) is 11.0. The number of nitrogens with zero attached hydrogens (tertiary/aromatic N) is 2. The molecule has 2 aromatic carbocycles. The Hall–Kier alpha value is -1.30. The summed E-state index contributed by atoms with van der Waals surface area (Å²) in [6.45, 7) is 7.40. The summed E-state index contributed by atoms with van der Waals surface area (Å²) in [7, 11) is 2.19. The minimum absolute atomic E-state index is 0. The van der Waals surface area contributed by atoms with Crippen molar-refractivity contribution in [3.63, 3.8) is 0 Å². The number of hydrogen-bond acceptors (Lipinski definition) is 4. The van der Waals surface area contributed by atoms with Crippen molar-refractivity contribution in [3.8, 4) is 5.75 Å². The summed E-state index contributed by atoms with van der Waals surface area (Å²) in [6.07, 6.45) is 5.34. The molecule has 2 fully saturated rings. The van der Waals surface area contributed by atoms with Gasteiger partial charge in [-0.2, -0.15) is 0 Å². The molecule has 6 heteroatoms. The molecular weight excluding hydrogens is 455 g/mol. The maximum Gasteiger partial charge on any atom is 0.121 e. The summed E-state index contributed by atoms with van der Waals surface area (Å²) in [4.78, 5) is 4.93. The molecule has 33 heavy (non-hydrogen) atoms. The number of halogens is 2. The highest BCUT2D eigenvalue weighted by Crippen LogP contribution is 2.41. The number of benzene rings is 2. The van der Waals surface area contributed by atoms with E-state index in [9.17, 15) is 5.11 Å². The molecule has 0 radical (unpaired) electrons. The van der Waals surface area contributed by atoms with E-state index < -0.39 is 5.60 Å². The summed E-state index contributed by atoms with van der Waals surface area (Å²) in [5, 5.41) is 11.7. The van der Waals surface area contributed by atoms with Crippen molar-refractivity contribution >= 4 is 24.8 Å². The molecule has 1 N–H and O–H groups in total. The quantitative estimate of drug-likeness (QED) is 0.535. The summed E-state index contributed by atoms with van der Waals surface area (Å²) in [5.74, 6) is 1.03. The average molecular weight is 496 g/mol. The SMILES string of the molecule is CC(Oc1ccc(C(CN2CCN(C)CC2)C2(O)CCCCC2)cc1)c1ccccc1.Cl.Cl. The van der Waals surface area contributed by atoms with Crippen molar-refractivity contribution in [2.45, 2.75) is 56.7 Å². The fraction of sp³-hybridized carbons (Fsp3) is 0.556. The normalized spacial score (nSPS) is 20.7. The predicted octanol–water partition coefficient (Wildman–Crippen LogP) is 5.70. The Labute approximate surface area is 212 Å². The van der Waals surface area contributed by atoms with Crippen LogP contribution in [0.4, 0.5) is 0 Å². The third kappa shape index (κ3) is 7.34. The molecule has 2 aromatic rings. The van der Waals surface area contributed by atoms with Crippen molar-refractivity contribution in [1.82, 2.24) is 9.80 Å². The largest absolute Gasteiger partial charge is 0.486 e. The van der Waals surface area contributed by atoms with Crippen LogP contribution in [-0.2, 0) is 0 Å². The van der Waals surface area contributed by atoms with E-state index in [1.807, 2.05) is 18.2 Å². The van der Waals surface area contributed by atoms with Crippen LogP contribution >= 0.6 is 24.8 Å². The van der Waals surface area contributed by atoms with E-state index in [4.69, 9.17) is 4.74 Å². The third-order valence-corrected chi connectivity index (χ3v) is 7.27. The zero-order chi connectivity index (χ0) is 21.7. The van der Waals surface area contributed by atoms with Gasteiger partial charge in [-0.25, -0.2) is 0 Å². The lowest BCUT2D eigenvalue weighted by molar-refractivity contribution is -0.0337. The van der Waals surface area contributed by atoms with Gasteiger partial charge in [0.1, 0.15) is 11.9 Å². The van der Waals surface area contributed by atoms with Gasteiger partial charge in [0.15, 0.2) is 0 Å².